The number of hydrogen-bond donors (Lipinski definition) is 2. The molecule has 102 valence electrons. The van der Waals surface area contributed by atoms with Gasteiger partial charge in [0.25, 0.3) is 0 Å². The van der Waals surface area contributed by atoms with E-state index in [0.717, 1.165) is 12.3 Å². The normalized spacial score (nSPS) is 24.4. The van der Waals surface area contributed by atoms with Crippen LogP contribution in [0.3, 0.4) is 0 Å². The van der Waals surface area contributed by atoms with Crippen LogP contribution >= 0.6 is 11.8 Å². The zero-order chi connectivity index (χ0) is 13.0. The van der Waals surface area contributed by atoms with Crippen molar-refractivity contribution >= 4 is 23.8 Å². The lowest BCUT2D eigenvalue weighted by molar-refractivity contribution is -0.140. The van der Waals surface area contributed by atoms with Gasteiger partial charge in [-0.3, -0.25) is 0 Å². The highest BCUT2D eigenvalue weighted by atomic mass is 32.2. The summed E-state index contributed by atoms with van der Waals surface area (Å²) >= 11 is 1.49. The van der Waals surface area contributed by atoms with Gasteiger partial charge in [0.05, 0.1) is 5.88 Å². The maximum atomic E-state index is 11.9. The van der Waals surface area contributed by atoms with Crippen molar-refractivity contribution in [3.63, 3.8) is 0 Å². The molecule has 6 heteroatoms. The first-order valence-electron chi connectivity index (χ1n) is 6.53. The maximum Gasteiger partial charge on any atom is 0.327 e. The fraction of sp³-hybridized carbons (Fsp3) is 0.833. The Morgan fingerprint density at radius 1 is 1.33 bits per heavy atom. The van der Waals surface area contributed by atoms with E-state index in [1.807, 2.05) is 0 Å². The van der Waals surface area contributed by atoms with E-state index in [-0.39, 0.29) is 6.03 Å². The van der Waals surface area contributed by atoms with Crippen LogP contribution in [0.25, 0.3) is 0 Å². The average Bonchev–Trinajstić information content (AvgIpc) is 2.99. The molecule has 0 bridgehead atoms. The van der Waals surface area contributed by atoms with Gasteiger partial charge in [-0.15, -0.1) is 11.8 Å². The second kappa shape index (κ2) is 6.31. The van der Waals surface area contributed by atoms with Crippen LogP contribution in [-0.4, -0.2) is 46.2 Å². The standard InChI is InChI=1S/C12H20N2O3S/c15-11(16)10-7-18-8-14(10)12(17)13-6-5-9-3-1-2-4-9/h9-10H,1-8H2,(H,13,17)(H,15,16)/t10-/m0/s1. The van der Waals surface area contributed by atoms with Crippen LogP contribution in [0.15, 0.2) is 0 Å². The third-order valence-corrected chi connectivity index (χ3v) is 4.74. The molecule has 0 radical (unpaired) electrons. The van der Waals surface area contributed by atoms with Gasteiger partial charge >= 0.3 is 12.0 Å². The lowest BCUT2D eigenvalue weighted by Crippen LogP contribution is -2.47. The molecule has 0 unspecified atom stereocenters. The van der Waals surface area contributed by atoms with Crippen LogP contribution in [0.2, 0.25) is 0 Å². The minimum atomic E-state index is -0.911. The van der Waals surface area contributed by atoms with Crippen molar-refractivity contribution in [2.45, 2.75) is 38.1 Å². The van der Waals surface area contributed by atoms with Crippen LogP contribution < -0.4 is 5.32 Å². The van der Waals surface area contributed by atoms with Gasteiger partial charge in [0, 0.05) is 12.3 Å². The van der Waals surface area contributed by atoms with Crippen molar-refractivity contribution in [2.24, 2.45) is 5.92 Å². The topological polar surface area (TPSA) is 69.6 Å². The predicted octanol–water partition coefficient (Wildman–Crippen LogP) is 1.74. The van der Waals surface area contributed by atoms with E-state index >= 15 is 0 Å². The van der Waals surface area contributed by atoms with Crippen molar-refractivity contribution in [1.29, 1.82) is 0 Å². The van der Waals surface area contributed by atoms with Gasteiger partial charge in [0.2, 0.25) is 0 Å². The molecule has 2 fully saturated rings. The summed E-state index contributed by atoms with van der Waals surface area (Å²) in [5.41, 5.74) is 0. The number of hydrogen-bond acceptors (Lipinski definition) is 3. The lowest BCUT2D eigenvalue weighted by Gasteiger charge is -2.21. The molecular formula is C12H20N2O3S. The summed E-state index contributed by atoms with van der Waals surface area (Å²) in [7, 11) is 0. The van der Waals surface area contributed by atoms with Crippen molar-refractivity contribution in [2.75, 3.05) is 18.2 Å². The molecule has 1 saturated carbocycles. The quantitative estimate of drug-likeness (QED) is 0.818. The molecule has 5 nitrogen and oxygen atoms in total. The molecule has 0 aromatic rings. The number of carbonyl (C=O) groups excluding carboxylic acids is 1. The Hall–Kier alpha value is -0.910. The molecule has 18 heavy (non-hydrogen) atoms. The molecule has 2 N–H and O–H groups in total. The number of carboxylic acids is 1. The van der Waals surface area contributed by atoms with Crippen molar-refractivity contribution in [3.05, 3.63) is 0 Å². The first-order chi connectivity index (χ1) is 8.68. The van der Waals surface area contributed by atoms with Crippen molar-refractivity contribution in [1.82, 2.24) is 10.2 Å². The summed E-state index contributed by atoms with van der Waals surface area (Å²) in [6.45, 7) is 0.664. The smallest absolute Gasteiger partial charge is 0.327 e. The van der Waals surface area contributed by atoms with E-state index < -0.39 is 12.0 Å². The van der Waals surface area contributed by atoms with E-state index in [9.17, 15) is 9.59 Å². The molecule has 2 amide bonds. The van der Waals surface area contributed by atoms with Crippen LogP contribution in [-0.2, 0) is 4.79 Å². The first kappa shape index (κ1) is 13.5. The number of rotatable bonds is 4. The minimum Gasteiger partial charge on any atom is -0.480 e. The molecule has 0 aromatic heterocycles. The van der Waals surface area contributed by atoms with E-state index in [1.165, 1.54) is 42.3 Å². The van der Waals surface area contributed by atoms with Crippen LogP contribution in [0.1, 0.15) is 32.1 Å². The van der Waals surface area contributed by atoms with E-state index in [4.69, 9.17) is 5.11 Å². The van der Waals surface area contributed by atoms with Gasteiger partial charge < -0.3 is 15.3 Å². The van der Waals surface area contributed by atoms with E-state index in [1.54, 1.807) is 0 Å². The van der Waals surface area contributed by atoms with Crippen LogP contribution in [0.4, 0.5) is 4.79 Å². The molecule has 0 aromatic carbocycles. The molecular weight excluding hydrogens is 252 g/mol. The zero-order valence-corrected chi connectivity index (χ0v) is 11.2. The van der Waals surface area contributed by atoms with Gasteiger partial charge in [0.1, 0.15) is 6.04 Å². The number of amides is 2. The third-order valence-electron chi connectivity index (χ3n) is 3.73. The largest absolute Gasteiger partial charge is 0.480 e. The Balaban J connectivity index is 1.71. The van der Waals surface area contributed by atoms with Gasteiger partial charge in [-0.05, 0) is 12.3 Å². The van der Waals surface area contributed by atoms with Crippen molar-refractivity contribution in [3.8, 4) is 0 Å². The second-order valence-corrected chi connectivity index (χ2v) is 5.99. The Labute approximate surface area is 111 Å². The fourth-order valence-electron chi connectivity index (χ4n) is 2.63. The molecule has 1 atom stereocenters. The van der Waals surface area contributed by atoms with Gasteiger partial charge in [-0.2, -0.15) is 0 Å². The Bertz CT molecular complexity index is 318. The summed E-state index contributed by atoms with van der Waals surface area (Å²) in [6, 6.07) is -0.896. The molecule has 1 heterocycles. The number of carbonyl (C=O) groups is 2. The summed E-state index contributed by atoms with van der Waals surface area (Å²) in [5, 5.41) is 11.8. The molecule has 0 spiro atoms. The SMILES string of the molecule is O=C(O)[C@@H]1CSCN1C(=O)NCCC1CCCC1. The fourth-order valence-corrected chi connectivity index (χ4v) is 3.78. The van der Waals surface area contributed by atoms with Crippen molar-refractivity contribution < 1.29 is 14.7 Å². The number of thioether (sulfide) groups is 1. The Morgan fingerprint density at radius 2 is 2.06 bits per heavy atom. The molecule has 1 saturated heterocycles. The predicted molar refractivity (Wildman–Crippen MR) is 70.6 cm³/mol. The Morgan fingerprint density at radius 3 is 2.72 bits per heavy atom. The zero-order valence-electron chi connectivity index (χ0n) is 10.4. The summed E-state index contributed by atoms with van der Waals surface area (Å²) in [4.78, 5) is 24.3. The first-order valence-corrected chi connectivity index (χ1v) is 7.69. The lowest BCUT2D eigenvalue weighted by atomic mass is 10.0. The number of nitrogens with one attached hydrogen (secondary N) is 1. The van der Waals surface area contributed by atoms with Crippen LogP contribution in [0.5, 0.6) is 0 Å². The summed E-state index contributed by atoms with van der Waals surface area (Å²) < 4.78 is 0. The summed E-state index contributed by atoms with van der Waals surface area (Å²) in [5.74, 6) is 0.803. The van der Waals surface area contributed by atoms with Gasteiger partial charge in [-0.1, -0.05) is 25.7 Å². The van der Waals surface area contributed by atoms with Crippen LogP contribution in [0, 0.1) is 5.92 Å². The maximum absolute atomic E-state index is 11.9. The highest BCUT2D eigenvalue weighted by molar-refractivity contribution is 7.99. The monoisotopic (exact) mass is 272 g/mol. The second-order valence-electron chi connectivity index (χ2n) is 4.99. The molecule has 2 aliphatic rings. The average molecular weight is 272 g/mol. The number of carboxylic acid groups (broad SMARTS) is 1. The Kier molecular flexibility index (Phi) is 4.74. The highest BCUT2D eigenvalue weighted by Gasteiger charge is 2.34. The highest BCUT2D eigenvalue weighted by Crippen LogP contribution is 2.27. The van der Waals surface area contributed by atoms with E-state index in [0.29, 0.717) is 18.2 Å². The van der Waals surface area contributed by atoms with Gasteiger partial charge in [0.15, 0.2) is 0 Å². The number of nitrogens with zero attached hydrogens (tertiary/aromatic N) is 1. The number of urea groups is 1. The van der Waals surface area contributed by atoms with E-state index in [2.05, 4.69) is 5.32 Å². The molecule has 2 rings (SSSR count). The third kappa shape index (κ3) is 3.31. The molecule has 1 aliphatic heterocycles. The minimum absolute atomic E-state index is 0.231. The molecule has 1 aliphatic carbocycles. The number of aliphatic carboxylic acids is 1. The van der Waals surface area contributed by atoms with Gasteiger partial charge in [-0.25, -0.2) is 9.59 Å². The summed E-state index contributed by atoms with van der Waals surface area (Å²) in [6.07, 6.45) is 6.18.